The summed E-state index contributed by atoms with van der Waals surface area (Å²) in [6.07, 6.45) is 1.68. The van der Waals surface area contributed by atoms with Gasteiger partial charge in [0.25, 0.3) is 0 Å². The molecule has 3 rings (SSSR count). The van der Waals surface area contributed by atoms with E-state index in [0.29, 0.717) is 35.5 Å². The number of para-hydroxylation sites is 2. The van der Waals surface area contributed by atoms with Gasteiger partial charge in [0.15, 0.2) is 0 Å². The highest BCUT2D eigenvalue weighted by Crippen LogP contribution is 2.30. The quantitative estimate of drug-likeness (QED) is 0.514. The first-order valence-corrected chi connectivity index (χ1v) is 9.72. The number of esters is 1. The van der Waals surface area contributed by atoms with Crippen molar-refractivity contribution in [3.05, 3.63) is 71.4 Å². The molecule has 6 heteroatoms. The maximum atomic E-state index is 12.2. The van der Waals surface area contributed by atoms with Gasteiger partial charge in [0.05, 0.1) is 17.9 Å². The smallest absolute Gasteiger partial charge is 0.340 e. The molecule has 2 N–H and O–H groups in total. The van der Waals surface area contributed by atoms with Crippen molar-refractivity contribution in [1.82, 2.24) is 9.97 Å². The molecule has 0 aliphatic carbocycles. The second-order valence-electron chi connectivity index (χ2n) is 6.98. The molecule has 0 radical (unpaired) electrons. The predicted octanol–water partition coefficient (Wildman–Crippen LogP) is 5.57. The van der Waals surface area contributed by atoms with Gasteiger partial charge in [-0.2, -0.15) is 4.98 Å². The molecule has 6 nitrogen and oxygen atoms in total. The molecule has 0 aliphatic rings. The molecule has 2 aromatic carbocycles. The van der Waals surface area contributed by atoms with Crippen molar-refractivity contribution in [2.24, 2.45) is 0 Å². The summed E-state index contributed by atoms with van der Waals surface area (Å²) in [4.78, 5) is 21.0. The van der Waals surface area contributed by atoms with E-state index in [1.165, 1.54) is 5.56 Å². The van der Waals surface area contributed by atoms with E-state index in [-0.39, 0.29) is 5.97 Å². The minimum Gasteiger partial charge on any atom is -0.462 e. The number of hydrogen-bond donors (Lipinski definition) is 2. The van der Waals surface area contributed by atoms with Crippen LogP contribution in [0.25, 0.3) is 0 Å². The Labute approximate surface area is 171 Å². The van der Waals surface area contributed by atoms with Gasteiger partial charge in [-0.05, 0) is 49.1 Å². The monoisotopic (exact) mass is 390 g/mol. The molecular weight excluding hydrogens is 364 g/mol. The summed E-state index contributed by atoms with van der Waals surface area (Å²) in [5, 5.41) is 6.55. The van der Waals surface area contributed by atoms with E-state index in [1.807, 2.05) is 12.1 Å². The van der Waals surface area contributed by atoms with Gasteiger partial charge in [0.1, 0.15) is 5.82 Å². The van der Waals surface area contributed by atoms with Crippen LogP contribution in [0.2, 0.25) is 0 Å². The molecule has 0 aliphatic heterocycles. The van der Waals surface area contributed by atoms with E-state index in [4.69, 9.17) is 4.74 Å². The highest BCUT2D eigenvalue weighted by Gasteiger charge is 2.14. The van der Waals surface area contributed by atoms with Crippen LogP contribution in [-0.4, -0.2) is 22.5 Å². The van der Waals surface area contributed by atoms with Crippen LogP contribution < -0.4 is 10.6 Å². The van der Waals surface area contributed by atoms with E-state index < -0.39 is 0 Å². The fourth-order valence-corrected chi connectivity index (χ4v) is 3.06. The van der Waals surface area contributed by atoms with Crippen LogP contribution in [-0.2, 0) is 4.74 Å². The van der Waals surface area contributed by atoms with Crippen molar-refractivity contribution < 1.29 is 9.53 Å². The number of aryl methyl sites for hydroxylation is 1. The Morgan fingerprint density at radius 2 is 1.86 bits per heavy atom. The van der Waals surface area contributed by atoms with Crippen LogP contribution in [0, 0.1) is 6.92 Å². The molecule has 3 aromatic rings. The first-order chi connectivity index (χ1) is 14.0. The van der Waals surface area contributed by atoms with Crippen LogP contribution >= 0.6 is 0 Å². The zero-order valence-corrected chi connectivity index (χ0v) is 17.2. The van der Waals surface area contributed by atoms with Gasteiger partial charge >= 0.3 is 5.97 Å². The SMILES string of the molecule is CCOC(=O)c1ccccc1Nc1nccc(Nc2c(C)cccc2C(C)C)n1. The standard InChI is InChI=1S/C23H26N4O2/c1-5-29-22(28)18-10-6-7-12-19(18)25-23-24-14-13-20(27-23)26-21-16(4)9-8-11-17(21)15(2)3/h6-15H,5H2,1-4H3,(H2,24,25,26,27). The molecule has 1 heterocycles. The topological polar surface area (TPSA) is 76.1 Å². The molecule has 0 fully saturated rings. The first kappa shape index (κ1) is 20.3. The largest absolute Gasteiger partial charge is 0.462 e. The van der Waals surface area contributed by atoms with E-state index in [1.54, 1.807) is 31.3 Å². The highest BCUT2D eigenvalue weighted by molar-refractivity contribution is 5.96. The Hall–Kier alpha value is -3.41. The van der Waals surface area contributed by atoms with Crippen molar-refractivity contribution in [3.63, 3.8) is 0 Å². The molecule has 0 saturated heterocycles. The summed E-state index contributed by atoms with van der Waals surface area (Å²) < 4.78 is 5.13. The third-order valence-electron chi connectivity index (χ3n) is 4.50. The lowest BCUT2D eigenvalue weighted by atomic mass is 9.98. The number of nitrogens with zero attached hydrogens (tertiary/aromatic N) is 2. The summed E-state index contributed by atoms with van der Waals surface area (Å²) >= 11 is 0. The summed E-state index contributed by atoms with van der Waals surface area (Å²) in [7, 11) is 0. The molecule has 0 saturated carbocycles. The maximum Gasteiger partial charge on any atom is 0.340 e. The van der Waals surface area contributed by atoms with E-state index >= 15 is 0 Å². The van der Waals surface area contributed by atoms with Crippen LogP contribution in [0.4, 0.5) is 23.1 Å². The van der Waals surface area contributed by atoms with Crippen molar-refractivity contribution >= 4 is 29.1 Å². The van der Waals surface area contributed by atoms with Crippen LogP contribution in [0.3, 0.4) is 0 Å². The average Bonchev–Trinajstić information content (AvgIpc) is 2.70. The van der Waals surface area contributed by atoms with E-state index in [9.17, 15) is 4.79 Å². The molecule has 0 unspecified atom stereocenters. The number of nitrogens with one attached hydrogen (secondary N) is 2. The number of anilines is 4. The van der Waals surface area contributed by atoms with Gasteiger partial charge in [-0.1, -0.05) is 44.2 Å². The average molecular weight is 390 g/mol. The summed E-state index contributed by atoms with van der Waals surface area (Å²) in [5.41, 5.74) is 4.47. The third kappa shape index (κ3) is 4.90. The lowest BCUT2D eigenvalue weighted by molar-refractivity contribution is 0.0527. The van der Waals surface area contributed by atoms with Crippen molar-refractivity contribution in [1.29, 1.82) is 0 Å². The van der Waals surface area contributed by atoms with Gasteiger partial charge in [-0.15, -0.1) is 0 Å². The Bertz CT molecular complexity index is 1000. The number of carbonyl (C=O) groups excluding carboxylic acids is 1. The Morgan fingerprint density at radius 1 is 1.07 bits per heavy atom. The second-order valence-corrected chi connectivity index (χ2v) is 6.98. The van der Waals surface area contributed by atoms with Gasteiger partial charge < -0.3 is 15.4 Å². The molecule has 150 valence electrons. The summed E-state index contributed by atoms with van der Waals surface area (Å²) in [6.45, 7) is 8.50. The molecule has 29 heavy (non-hydrogen) atoms. The van der Waals surface area contributed by atoms with Gasteiger partial charge in [-0.25, -0.2) is 9.78 Å². The minimum absolute atomic E-state index is 0.317. The Kier molecular flexibility index (Phi) is 6.44. The zero-order chi connectivity index (χ0) is 20.8. The maximum absolute atomic E-state index is 12.2. The van der Waals surface area contributed by atoms with Gasteiger partial charge in [0, 0.05) is 11.9 Å². The number of benzene rings is 2. The highest BCUT2D eigenvalue weighted by atomic mass is 16.5. The molecule has 0 atom stereocenters. The molecule has 0 spiro atoms. The van der Waals surface area contributed by atoms with Crippen molar-refractivity contribution in [2.75, 3.05) is 17.2 Å². The van der Waals surface area contributed by atoms with Gasteiger partial charge in [0.2, 0.25) is 5.95 Å². The fourth-order valence-electron chi connectivity index (χ4n) is 3.06. The van der Waals surface area contributed by atoms with E-state index in [0.717, 1.165) is 11.3 Å². The zero-order valence-electron chi connectivity index (χ0n) is 17.2. The predicted molar refractivity (Wildman–Crippen MR) is 116 cm³/mol. The fraction of sp³-hybridized carbons (Fsp3) is 0.261. The van der Waals surface area contributed by atoms with Crippen LogP contribution in [0.15, 0.2) is 54.7 Å². The third-order valence-corrected chi connectivity index (χ3v) is 4.50. The summed E-state index contributed by atoms with van der Waals surface area (Å²) in [5.74, 6) is 1.07. The van der Waals surface area contributed by atoms with Crippen molar-refractivity contribution in [3.8, 4) is 0 Å². The number of carbonyl (C=O) groups is 1. The number of rotatable bonds is 7. The lowest BCUT2D eigenvalue weighted by Gasteiger charge is -2.17. The molecular formula is C23H26N4O2. The number of ether oxygens (including phenoxy) is 1. The molecule has 0 bridgehead atoms. The second kappa shape index (κ2) is 9.19. The molecule has 1 aromatic heterocycles. The van der Waals surface area contributed by atoms with E-state index in [2.05, 4.69) is 59.6 Å². The first-order valence-electron chi connectivity index (χ1n) is 9.72. The Morgan fingerprint density at radius 3 is 2.62 bits per heavy atom. The number of hydrogen-bond acceptors (Lipinski definition) is 6. The molecule has 0 amide bonds. The van der Waals surface area contributed by atoms with Crippen LogP contribution in [0.1, 0.15) is 48.2 Å². The Balaban J connectivity index is 1.87. The normalized spacial score (nSPS) is 10.7. The number of aromatic nitrogens is 2. The summed E-state index contributed by atoms with van der Waals surface area (Å²) in [6, 6.07) is 15.2. The van der Waals surface area contributed by atoms with Crippen molar-refractivity contribution in [2.45, 2.75) is 33.6 Å². The van der Waals surface area contributed by atoms with Crippen LogP contribution in [0.5, 0.6) is 0 Å². The minimum atomic E-state index is -0.383. The lowest BCUT2D eigenvalue weighted by Crippen LogP contribution is -2.09. The van der Waals surface area contributed by atoms with Gasteiger partial charge in [-0.3, -0.25) is 0 Å².